The third-order valence-corrected chi connectivity index (χ3v) is 3.09. The minimum atomic E-state index is 0.807. The molecule has 0 aliphatic rings. The van der Waals surface area contributed by atoms with Gasteiger partial charge in [-0.05, 0) is 26.9 Å². The third-order valence-electron chi connectivity index (χ3n) is 3.09. The minimum Gasteiger partial charge on any atom is -0.306 e. The minimum absolute atomic E-state index is 0.807. The summed E-state index contributed by atoms with van der Waals surface area (Å²) in [6, 6.07) is 0.807. The van der Waals surface area contributed by atoms with Crippen LogP contribution in [0.15, 0.2) is 0 Å². The Bertz CT molecular complexity index is 110. The molecule has 0 aliphatic carbocycles. The maximum Gasteiger partial charge on any atom is 0.00865 e. The molecule has 0 aliphatic heterocycles. The highest BCUT2D eigenvalue weighted by Crippen LogP contribution is 2.12. The molecule has 0 aromatic heterocycles. The lowest BCUT2D eigenvalue weighted by Gasteiger charge is -2.22. The third kappa shape index (κ3) is 7.37. The molecule has 14 heavy (non-hydrogen) atoms. The van der Waals surface area contributed by atoms with Crippen LogP contribution in [0, 0.1) is 0 Å². The molecule has 0 fully saturated rings. The van der Waals surface area contributed by atoms with Crippen molar-refractivity contribution in [1.29, 1.82) is 0 Å². The predicted molar refractivity (Wildman–Crippen MR) is 65.8 cm³/mol. The monoisotopic (exact) mass is 199 g/mol. The van der Waals surface area contributed by atoms with E-state index >= 15 is 0 Å². The molecule has 0 heterocycles. The Morgan fingerprint density at radius 2 is 1.43 bits per heavy atom. The standard InChI is InChI=1S/C13H29N/c1-5-7-8-9-10-11-12-13(6-2)14(3)4/h13H,5-12H2,1-4H3. The molecular formula is C13H29N. The van der Waals surface area contributed by atoms with Crippen LogP contribution >= 0.6 is 0 Å². The highest BCUT2D eigenvalue weighted by atomic mass is 15.1. The highest BCUT2D eigenvalue weighted by Gasteiger charge is 2.07. The Morgan fingerprint density at radius 3 is 1.93 bits per heavy atom. The fraction of sp³-hybridized carbons (Fsp3) is 1.00. The summed E-state index contributed by atoms with van der Waals surface area (Å²) >= 11 is 0. The summed E-state index contributed by atoms with van der Waals surface area (Å²) in [5.74, 6) is 0. The van der Waals surface area contributed by atoms with Crippen molar-refractivity contribution in [2.24, 2.45) is 0 Å². The van der Waals surface area contributed by atoms with E-state index in [0.29, 0.717) is 0 Å². The summed E-state index contributed by atoms with van der Waals surface area (Å²) in [6.45, 7) is 4.57. The van der Waals surface area contributed by atoms with Gasteiger partial charge >= 0.3 is 0 Å². The topological polar surface area (TPSA) is 3.24 Å². The number of hydrogen-bond donors (Lipinski definition) is 0. The molecule has 0 saturated heterocycles. The van der Waals surface area contributed by atoms with Gasteiger partial charge in [0.1, 0.15) is 0 Å². The van der Waals surface area contributed by atoms with Gasteiger partial charge in [0.2, 0.25) is 0 Å². The lowest BCUT2D eigenvalue weighted by Crippen LogP contribution is -2.26. The van der Waals surface area contributed by atoms with Gasteiger partial charge in [0, 0.05) is 6.04 Å². The SMILES string of the molecule is CCCCCCCCC(CC)N(C)C. The summed E-state index contributed by atoms with van der Waals surface area (Å²) in [5, 5.41) is 0. The molecular weight excluding hydrogens is 170 g/mol. The molecule has 0 saturated carbocycles. The fourth-order valence-electron chi connectivity index (χ4n) is 1.99. The highest BCUT2D eigenvalue weighted by molar-refractivity contribution is 4.63. The molecule has 0 rings (SSSR count). The first-order valence-corrected chi connectivity index (χ1v) is 6.38. The summed E-state index contributed by atoms with van der Waals surface area (Å²) in [7, 11) is 4.40. The van der Waals surface area contributed by atoms with Crippen LogP contribution in [0.5, 0.6) is 0 Å². The quantitative estimate of drug-likeness (QED) is 0.506. The van der Waals surface area contributed by atoms with Crippen LogP contribution in [0.3, 0.4) is 0 Å². The average molecular weight is 199 g/mol. The van der Waals surface area contributed by atoms with E-state index in [1.807, 2.05) is 0 Å². The van der Waals surface area contributed by atoms with Gasteiger partial charge in [0.15, 0.2) is 0 Å². The molecule has 0 radical (unpaired) electrons. The van der Waals surface area contributed by atoms with Gasteiger partial charge < -0.3 is 4.90 Å². The van der Waals surface area contributed by atoms with Crippen molar-refractivity contribution in [1.82, 2.24) is 4.90 Å². The number of rotatable bonds is 9. The molecule has 0 bridgehead atoms. The maximum atomic E-state index is 2.37. The van der Waals surface area contributed by atoms with Gasteiger partial charge in [-0.1, -0.05) is 52.4 Å². The molecule has 0 amide bonds. The van der Waals surface area contributed by atoms with Gasteiger partial charge in [-0.3, -0.25) is 0 Å². The van der Waals surface area contributed by atoms with Crippen LogP contribution in [0.2, 0.25) is 0 Å². The zero-order chi connectivity index (χ0) is 10.8. The molecule has 1 nitrogen and oxygen atoms in total. The smallest absolute Gasteiger partial charge is 0.00865 e. The van der Waals surface area contributed by atoms with E-state index in [4.69, 9.17) is 0 Å². The van der Waals surface area contributed by atoms with Crippen molar-refractivity contribution < 1.29 is 0 Å². The van der Waals surface area contributed by atoms with Crippen LogP contribution < -0.4 is 0 Å². The maximum absolute atomic E-state index is 2.37. The van der Waals surface area contributed by atoms with E-state index in [2.05, 4.69) is 32.8 Å². The Kier molecular flexibility index (Phi) is 9.49. The number of nitrogens with zero attached hydrogens (tertiary/aromatic N) is 1. The Morgan fingerprint density at radius 1 is 0.857 bits per heavy atom. The van der Waals surface area contributed by atoms with Crippen molar-refractivity contribution in [3.8, 4) is 0 Å². The molecule has 1 heteroatoms. The molecule has 0 aromatic carbocycles. The van der Waals surface area contributed by atoms with Gasteiger partial charge in [-0.15, -0.1) is 0 Å². The summed E-state index contributed by atoms with van der Waals surface area (Å²) in [5.41, 5.74) is 0. The van der Waals surface area contributed by atoms with Crippen LogP contribution in [0.1, 0.15) is 65.2 Å². The van der Waals surface area contributed by atoms with Crippen molar-refractivity contribution in [2.75, 3.05) is 14.1 Å². The zero-order valence-corrected chi connectivity index (χ0v) is 10.7. The summed E-state index contributed by atoms with van der Waals surface area (Å²) in [4.78, 5) is 2.37. The van der Waals surface area contributed by atoms with E-state index in [0.717, 1.165) is 6.04 Å². The summed E-state index contributed by atoms with van der Waals surface area (Å²) < 4.78 is 0. The molecule has 86 valence electrons. The summed E-state index contributed by atoms with van der Waals surface area (Å²) in [6.07, 6.45) is 11.2. The van der Waals surface area contributed by atoms with E-state index in [9.17, 15) is 0 Å². The van der Waals surface area contributed by atoms with Crippen LogP contribution in [-0.2, 0) is 0 Å². The second kappa shape index (κ2) is 9.51. The lowest BCUT2D eigenvalue weighted by molar-refractivity contribution is 0.264. The zero-order valence-electron chi connectivity index (χ0n) is 10.7. The number of hydrogen-bond acceptors (Lipinski definition) is 1. The van der Waals surface area contributed by atoms with Crippen LogP contribution in [0.25, 0.3) is 0 Å². The fourth-order valence-corrected chi connectivity index (χ4v) is 1.99. The van der Waals surface area contributed by atoms with Gasteiger partial charge in [0.05, 0.1) is 0 Å². The molecule has 0 spiro atoms. The van der Waals surface area contributed by atoms with E-state index in [1.165, 1.54) is 51.4 Å². The first-order chi connectivity index (χ1) is 6.72. The number of unbranched alkanes of at least 4 members (excludes halogenated alkanes) is 5. The van der Waals surface area contributed by atoms with E-state index in [1.54, 1.807) is 0 Å². The van der Waals surface area contributed by atoms with Crippen molar-refractivity contribution >= 4 is 0 Å². The van der Waals surface area contributed by atoms with Gasteiger partial charge in [-0.25, -0.2) is 0 Å². The molecule has 1 unspecified atom stereocenters. The normalized spacial score (nSPS) is 13.5. The molecule has 0 aromatic rings. The Balaban J connectivity index is 3.25. The van der Waals surface area contributed by atoms with Crippen molar-refractivity contribution in [3.63, 3.8) is 0 Å². The Hall–Kier alpha value is -0.0400. The van der Waals surface area contributed by atoms with E-state index < -0.39 is 0 Å². The van der Waals surface area contributed by atoms with E-state index in [-0.39, 0.29) is 0 Å². The van der Waals surface area contributed by atoms with Crippen molar-refractivity contribution in [3.05, 3.63) is 0 Å². The second-order valence-electron chi connectivity index (χ2n) is 4.58. The van der Waals surface area contributed by atoms with Gasteiger partial charge in [-0.2, -0.15) is 0 Å². The van der Waals surface area contributed by atoms with Gasteiger partial charge in [0.25, 0.3) is 0 Å². The lowest BCUT2D eigenvalue weighted by atomic mass is 10.0. The van der Waals surface area contributed by atoms with Crippen molar-refractivity contribution in [2.45, 2.75) is 71.3 Å². The van der Waals surface area contributed by atoms with Crippen LogP contribution in [-0.4, -0.2) is 25.0 Å². The molecule has 1 atom stereocenters. The first-order valence-electron chi connectivity index (χ1n) is 6.38. The molecule has 0 N–H and O–H groups in total. The average Bonchev–Trinajstić information content (AvgIpc) is 2.16. The largest absolute Gasteiger partial charge is 0.306 e. The predicted octanol–water partition coefficient (Wildman–Crippen LogP) is 4.08. The Labute approximate surface area is 90.9 Å². The second-order valence-corrected chi connectivity index (χ2v) is 4.58. The first kappa shape index (κ1) is 14.0. The van der Waals surface area contributed by atoms with Crippen LogP contribution in [0.4, 0.5) is 0 Å².